The number of morpholine rings is 1. The molecule has 6 heteroatoms. The fourth-order valence-electron chi connectivity index (χ4n) is 2.68. The van der Waals surface area contributed by atoms with Gasteiger partial charge in [0.2, 0.25) is 0 Å². The highest BCUT2D eigenvalue weighted by molar-refractivity contribution is 5.81. The van der Waals surface area contributed by atoms with Crippen LogP contribution in [0.5, 0.6) is 0 Å². The van der Waals surface area contributed by atoms with E-state index in [0.717, 1.165) is 0 Å². The maximum Gasteiger partial charge on any atom is 0.333 e. The third kappa shape index (κ3) is 3.13. The second kappa shape index (κ2) is 6.54. The summed E-state index contributed by atoms with van der Waals surface area (Å²) in [5, 5.41) is 9.89. The molecule has 0 aliphatic carbocycles. The highest BCUT2D eigenvalue weighted by Gasteiger charge is 2.60. The fraction of sp³-hybridized carbons (Fsp3) is 0.875. The Kier molecular flexibility index (Phi) is 5.62. The first-order chi connectivity index (χ1) is 10.1. The van der Waals surface area contributed by atoms with Crippen LogP contribution in [0.25, 0.3) is 0 Å². The molecule has 0 aromatic heterocycles. The molecule has 128 valence electrons. The molecule has 0 amide bonds. The lowest BCUT2D eigenvalue weighted by molar-refractivity contribution is -0.290. The van der Waals surface area contributed by atoms with Crippen molar-refractivity contribution >= 4 is 11.9 Å². The number of rotatable bonds is 5. The van der Waals surface area contributed by atoms with Gasteiger partial charge in [-0.25, -0.2) is 4.79 Å². The molecule has 0 aromatic rings. The summed E-state index contributed by atoms with van der Waals surface area (Å²) in [6, 6.07) is 0. The van der Waals surface area contributed by atoms with E-state index < -0.39 is 16.5 Å². The number of hydrogen-bond acceptors (Lipinski definition) is 5. The van der Waals surface area contributed by atoms with Crippen LogP contribution in [0.4, 0.5) is 0 Å². The number of cyclic esters (lactones) is 1. The van der Waals surface area contributed by atoms with Crippen LogP contribution in [0.3, 0.4) is 0 Å². The summed E-state index contributed by atoms with van der Waals surface area (Å²) < 4.78 is 10.8. The quantitative estimate of drug-likeness (QED) is 0.570. The zero-order valence-electron chi connectivity index (χ0n) is 14.6. The number of carbonyl (C=O) groups is 2. The fourth-order valence-corrected chi connectivity index (χ4v) is 2.68. The summed E-state index contributed by atoms with van der Waals surface area (Å²) in [5.41, 5.74) is -2.36. The van der Waals surface area contributed by atoms with Gasteiger partial charge in [-0.05, 0) is 45.1 Å². The van der Waals surface area contributed by atoms with E-state index in [2.05, 4.69) is 0 Å². The van der Waals surface area contributed by atoms with E-state index in [-0.39, 0.29) is 25.2 Å². The van der Waals surface area contributed by atoms with Gasteiger partial charge in [0.05, 0.1) is 5.41 Å². The second-order valence-corrected chi connectivity index (χ2v) is 7.05. The summed E-state index contributed by atoms with van der Waals surface area (Å²) in [6.07, 6.45) is 1.53. The molecule has 6 nitrogen and oxygen atoms in total. The van der Waals surface area contributed by atoms with Crippen molar-refractivity contribution in [1.29, 1.82) is 0 Å². The van der Waals surface area contributed by atoms with Crippen molar-refractivity contribution in [3.63, 3.8) is 0 Å². The number of esters is 2. The lowest BCUT2D eigenvalue weighted by atomic mass is 9.83. The molecular weight excluding hydrogens is 286 g/mol. The Morgan fingerprint density at radius 1 is 1.27 bits per heavy atom. The van der Waals surface area contributed by atoms with Crippen molar-refractivity contribution in [1.82, 2.24) is 5.06 Å². The predicted molar refractivity (Wildman–Crippen MR) is 83.2 cm³/mol. The van der Waals surface area contributed by atoms with E-state index >= 15 is 0 Å². The van der Waals surface area contributed by atoms with Gasteiger partial charge >= 0.3 is 11.9 Å². The lowest BCUT2D eigenvalue weighted by Crippen LogP contribution is -2.70. The van der Waals surface area contributed by atoms with Crippen molar-refractivity contribution in [2.24, 2.45) is 5.41 Å². The van der Waals surface area contributed by atoms with Crippen LogP contribution < -0.4 is 0 Å². The zero-order chi connectivity index (χ0) is 17.2. The first kappa shape index (κ1) is 18.9. The van der Waals surface area contributed by atoms with Gasteiger partial charge in [-0.2, -0.15) is 0 Å². The third-order valence-corrected chi connectivity index (χ3v) is 4.67. The summed E-state index contributed by atoms with van der Waals surface area (Å²) in [7, 11) is 0. The minimum Gasteiger partial charge on any atom is -0.463 e. The minimum atomic E-state index is -0.970. The van der Waals surface area contributed by atoms with Gasteiger partial charge in [0, 0.05) is 0 Å². The van der Waals surface area contributed by atoms with Gasteiger partial charge in [0.1, 0.15) is 13.2 Å². The number of carbonyl (C=O) groups excluding carboxylic acids is 2. The summed E-state index contributed by atoms with van der Waals surface area (Å²) in [6.45, 7) is 11.2. The Balaban J connectivity index is 3.02. The predicted octanol–water partition coefficient (Wildman–Crippen LogP) is 1.78. The van der Waals surface area contributed by atoms with Crippen LogP contribution in [0, 0.1) is 5.41 Å². The van der Waals surface area contributed by atoms with Gasteiger partial charge < -0.3 is 14.7 Å². The average molecular weight is 316 g/mol. The van der Waals surface area contributed by atoms with E-state index in [1.807, 2.05) is 20.8 Å². The maximum atomic E-state index is 12.2. The molecule has 1 rings (SSSR count). The number of hydroxylamine groups is 2. The molecule has 0 radical (unpaired) electrons. The van der Waals surface area contributed by atoms with Crippen molar-refractivity contribution in [3.05, 3.63) is 0 Å². The van der Waals surface area contributed by atoms with Crippen LogP contribution in [0.15, 0.2) is 0 Å². The van der Waals surface area contributed by atoms with E-state index in [4.69, 9.17) is 14.7 Å². The first-order valence-electron chi connectivity index (χ1n) is 7.95. The Hall–Kier alpha value is -1.14. The molecule has 1 aliphatic heterocycles. The van der Waals surface area contributed by atoms with Gasteiger partial charge in [0.15, 0.2) is 11.1 Å². The minimum absolute atomic E-state index is 0.0537. The van der Waals surface area contributed by atoms with E-state index in [0.29, 0.717) is 19.3 Å². The summed E-state index contributed by atoms with van der Waals surface area (Å²) in [4.78, 5) is 24.2. The van der Waals surface area contributed by atoms with Crippen LogP contribution >= 0.6 is 0 Å². The number of hydrogen-bond donors (Lipinski definition) is 0. The van der Waals surface area contributed by atoms with Crippen LogP contribution in [-0.2, 0) is 19.1 Å². The van der Waals surface area contributed by atoms with Gasteiger partial charge in [-0.15, -0.1) is 0 Å². The molecule has 1 saturated heterocycles. The normalized spacial score (nSPS) is 25.7. The maximum absolute atomic E-state index is 12.2. The van der Waals surface area contributed by atoms with Gasteiger partial charge in [-0.1, -0.05) is 20.8 Å². The smallest absolute Gasteiger partial charge is 0.333 e. The molecule has 2 N–H and O–H groups in total. The number of nitrogens with zero attached hydrogens (tertiary/aromatic N) is 1. The highest BCUT2D eigenvalue weighted by Crippen LogP contribution is 2.37. The molecule has 0 bridgehead atoms. The molecule has 0 aromatic carbocycles. The topological polar surface area (TPSA) is 78.7 Å². The van der Waals surface area contributed by atoms with Crippen molar-refractivity contribution in [2.45, 2.75) is 71.9 Å². The van der Waals surface area contributed by atoms with Crippen LogP contribution in [-0.4, -0.2) is 46.5 Å². The Bertz CT molecular complexity index is 425. The van der Waals surface area contributed by atoms with Gasteiger partial charge in [-0.3, -0.25) is 4.79 Å². The van der Waals surface area contributed by atoms with Gasteiger partial charge in [0.25, 0.3) is 0 Å². The average Bonchev–Trinajstić information content (AvgIpc) is 2.47. The Morgan fingerprint density at radius 3 is 2.23 bits per heavy atom. The molecule has 1 fully saturated rings. The Morgan fingerprint density at radius 2 is 1.82 bits per heavy atom. The second-order valence-electron chi connectivity index (χ2n) is 7.05. The van der Waals surface area contributed by atoms with Crippen molar-refractivity contribution < 1.29 is 24.3 Å². The first-order valence-corrected chi connectivity index (χ1v) is 7.95. The monoisotopic (exact) mass is 316 g/mol. The lowest BCUT2D eigenvalue weighted by Gasteiger charge is -2.47. The SMILES string of the molecule is CCC1(COC(=O)C(C)(C)C)COC(=O)C(CC)(CC)N1[OH2+]. The van der Waals surface area contributed by atoms with Crippen LogP contribution in [0.2, 0.25) is 0 Å². The summed E-state index contributed by atoms with van der Waals surface area (Å²) >= 11 is 0. The number of ether oxygens (including phenoxy) is 2. The highest BCUT2D eigenvalue weighted by atomic mass is 16.6. The third-order valence-electron chi connectivity index (χ3n) is 4.67. The molecule has 1 unspecified atom stereocenters. The zero-order valence-corrected chi connectivity index (χ0v) is 14.6. The molecular formula is C16H30NO5+. The van der Waals surface area contributed by atoms with E-state index in [9.17, 15) is 9.59 Å². The largest absolute Gasteiger partial charge is 0.463 e. The summed E-state index contributed by atoms with van der Waals surface area (Å²) in [5.74, 6) is -0.678. The molecule has 1 heterocycles. The van der Waals surface area contributed by atoms with Crippen molar-refractivity contribution in [2.75, 3.05) is 13.2 Å². The molecule has 1 atom stereocenters. The Labute approximate surface area is 132 Å². The van der Waals surface area contributed by atoms with E-state index in [1.165, 1.54) is 5.06 Å². The molecule has 22 heavy (non-hydrogen) atoms. The standard InChI is InChI=1S/C16H29NO5/c1-7-15(10-21-12(18)14(4,5)6)11-22-13(19)16(8-2,9-3)17(15)20/h20H,7-11H2,1-6H3/p+1. The molecule has 0 saturated carbocycles. The molecule has 0 spiro atoms. The van der Waals surface area contributed by atoms with Crippen LogP contribution in [0.1, 0.15) is 60.8 Å². The molecule has 1 aliphatic rings. The van der Waals surface area contributed by atoms with E-state index in [1.54, 1.807) is 20.8 Å². The van der Waals surface area contributed by atoms with Crippen molar-refractivity contribution in [3.8, 4) is 0 Å².